The molecule has 4 N–H and O–H groups in total. The lowest BCUT2D eigenvalue weighted by Gasteiger charge is -2.27. The molecule has 0 unspecified atom stereocenters. The van der Waals surface area contributed by atoms with Gasteiger partial charge in [-0.1, -0.05) is 0 Å². The first kappa shape index (κ1) is 15.2. The molecule has 2 rings (SSSR count). The molecular weight excluding hydrogens is 283 g/mol. The van der Waals surface area contributed by atoms with Gasteiger partial charge in [0.15, 0.2) is 0 Å². The number of nitrogens with two attached hydrogens (primary N) is 1. The van der Waals surface area contributed by atoms with E-state index in [4.69, 9.17) is 5.14 Å². The minimum Gasteiger partial charge on any atom is -0.381 e. The number of piperazine rings is 1. The molecule has 0 bridgehead atoms. The van der Waals surface area contributed by atoms with Gasteiger partial charge < -0.3 is 10.6 Å². The Balaban J connectivity index is 1.90. The second-order valence-corrected chi connectivity index (χ2v) is 6.27. The van der Waals surface area contributed by atoms with Crippen LogP contribution in [0.2, 0.25) is 0 Å². The topological polar surface area (TPSA) is 87.5 Å². The summed E-state index contributed by atoms with van der Waals surface area (Å²) in [5.74, 6) is -0.614. The summed E-state index contributed by atoms with van der Waals surface area (Å²) in [6, 6.07) is 3.63. The molecule has 0 aliphatic carbocycles. The van der Waals surface area contributed by atoms with Gasteiger partial charge in [-0.25, -0.2) is 17.9 Å². The van der Waals surface area contributed by atoms with Crippen LogP contribution >= 0.6 is 0 Å². The van der Waals surface area contributed by atoms with Crippen LogP contribution in [0.5, 0.6) is 0 Å². The van der Waals surface area contributed by atoms with E-state index in [0.29, 0.717) is 6.54 Å². The molecule has 6 nitrogen and oxygen atoms in total. The minimum absolute atomic E-state index is 0.220. The number of anilines is 1. The van der Waals surface area contributed by atoms with Gasteiger partial charge in [0.05, 0.1) is 10.6 Å². The van der Waals surface area contributed by atoms with Crippen LogP contribution in [-0.4, -0.2) is 52.6 Å². The monoisotopic (exact) mass is 302 g/mol. The summed E-state index contributed by atoms with van der Waals surface area (Å²) in [6.45, 7) is 5.32. The Bertz CT molecular complexity index is 559. The molecule has 20 heavy (non-hydrogen) atoms. The summed E-state index contributed by atoms with van der Waals surface area (Å²) < 4.78 is 35.9. The number of benzene rings is 1. The van der Waals surface area contributed by atoms with Gasteiger partial charge in [-0.15, -0.1) is 0 Å². The maximum atomic E-state index is 13.7. The Labute approximate surface area is 118 Å². The number of rotatable bonds is 5. The van der Waals surface area contributed by atoms with Crippen molar-refractivity contribution in [3.8, 4) is 0 Å². The van der Waals surface area contributed by atoms with Crippen molar-refractivity contribution >= 4 is 15.7 Å². The fraction of sp³-hybridized carbons (Fsp3) is 0.500. The Morgan fingerprint density at radius 2 is 2.05 bits per heavy atom. The maximum Gasteiger partial charge on any atom is 0.238 e. The molecule has 0 radical (unpaired) electrons. The highest BCUT2D eigenvalue weighted by Crippen LogP contribution is 2.17. The number of halogens is 1. The predicted octanol–water partition coefficient (Wildman–Crippen LogP) is -0.210. The van der Waals surface area contributed by atoms with Crippen molar-refractivity contribution in [2.75, 3.05) is 44.6 Å². The Kier molecular flexibility index (Phi) is 4.92. The van der Waals surface area contributed by atoms with E-state index in [1.165, 1.54) is 12.1 Å². The highest BCUT2D eigenvalue weighted by Gasteiger charge is 2.12. The first-order chi connectivity index (χ1) is 9.47. The zero-order chi connectivity index (χ0) is 14.6. The lowest BCUT2D eigenvalue weighted by atomic mass is 10.3. The number of hydrogen-bond donors (Lipinski definition) is 3. The van der Waals surface area contributed by atoms with Gasteiger partial charge in [0.25, 0.3) is 0 Å². The van der Waals surface area contributed by atoms with Crippen molar-refractivity contribution in [3.63, 3.8) is 0 Å². The standard InChI is InChI=1S/C12H19FN4O2S/c13-11-9-10(20(14,18)19)1-2-12(11)16-5-8-17-6-3-15-4-7-17/h1-2,9,15-16H,3-8H2,(H2,14,18,19). The normalized spacial score (nSPS) is 17.1. The van der Waals surface area contributed by atoms with Gasteiger partial charge in [-0.3, -0.25) is 4.90 Å². The summed E-state index contributed by atoms with van der Waals surface area (Å²) in [5.41, 5.74) is 0.285. The maximum absolute atomic E-state index is 13.7. The van der Waals surface area contributed by atoms with Crippen LogP contribution < -0.4 is 15.8 Å². The SMILES string of the molecule is NS(=O)(=O)c1ccc(NCCN2CCNCC2)c(F)c1. The first-order valence-electron chi connectivity index (χ1n) is 6.46. The van der Waals surface area contributed by atoms with Gasteiger partial charge in [0.1, 0.15) is 5.82 Å². The van der Waals surface area contributed by atoms with Gasteiger partial charge in [-0.05, 0) is 18.2 Å². The molecule has 8 heteroatoms. The number of hydrogen-bond acceptors (Lipinski definition) is 5. The molecule has 1 heterocycles. The van der Waals surface area contributed by atoms with Crippen LogP contribution in [0, 0.1) is 5.82 Å². The molecule has 0 saturated carbocycles. The fourth-order valence-corrected chi connectivity index (χ4v) is 2.63. The number of nitrogens with zero attached hydrogens (tertiary/aromatic N) is 1. The van der Waals surface area contributed by atoms with E-state index in [2.05, 4.69) is 15.5 Å². The molecule has 1 fully saturated rings. The van der Waals surface area contributed by atoms with Crippen LogP contribution in [0.1, 0.15) is 0 Å². The van der Waals surface area contributed by atoms with Crippen LogP contribution in [0.15, 0.2) is 23.1 Å². The zero-order valence-electron chi connectivity index (χ0n) is 11.1. The number of nitrogens with one attached hydrogen (secondary N) is 2. The Hall–Kier alpha value is -1.22. The number of sulfonamides is 1. The summed E-state index contributed by atoms with van der Waals surface area (Å²) >= 11 is 0. The molecule has 0 aromatic heterocycles. The van der Waals surface area contributed by atoms with Crippen molar-refractivity contribution in [3.05, 3.63) is 24.0 Å². The zero-order valence-corrected chi connectivity index (χ0v) is 11.9. The molecule has 0 amide bonds. The molecule has 112 valence electrons. The summed E-state index contributed by atoms with van der Waals surface area (Å²) in [7, 11) is -3.86. The molecule has 1 aromatic rings. The van der Waals surface area contributed by atoms with Crippen molar-refractivity contribution in [1.82, 2.24) is 10.2 Å². The van der Waals surface area contributed by atoms with E-state index in [-0.39, 0.29) is 10.6 Å². The summed E-state index contributed by atoms with van der Waals surface area (Å²) in [4.78, 5) is 2.06. The molecule has 0 spiro atoms. The van der Waals surface area contributed by atoms with Gasteiger partial charge in [-0.2, -0.15) is 0 Å². The third-order valence-electron chi connectivity index (χ3n) is 3.22. The van der Waals surface area contributed by atoms with Gasteiger partial charge in [0, 0.05) is 39.3 Å². The summed E-state index contributed by atoms with van der Waals surface area (Å²) in [6.07, 6.45) is 0. The van der Waals surface area contributed by atoms with Crippen molar-refractivity contribution in [2.24, 2.45) is 5.14 Å². The largest absolute Gasteiger partial charge is 0.381 e. The van der Waals surface area contributed by atoms with Crippen molar-refractivity contribution in [2.45, 2.75) is 4.90 Å². The molecule has 1 aliphatic rings. The third-order valence-corrected chi connectivity index (χ3v) is 4.13. The third kappa shape index (κ3) is 4.14. The minimum atomic E-state index is -3.86. The van der Waals surface area contributed by atoms with Crippen molar-refractivity contribution < 1.29 is 12.8 Å². The average molecular weight is 302 g/mol. The van der Waals surface area contributed by atoms with E-state index in [1.807, 2.05) is 0 Å². The predicted molar refractivity (Wildman–Crippen MR) is 75.6 cm³/mol. The lowest BCUT2D eigenvalue weighted by Crippen LogP contribution is -2.45. The summed E-state index contributed by atoms with van der Waals surface area (Å²) in [5, 5.41) is 11.2. The molecule has 0 atom stereocenters. The second-order valence-electron chi connectivity index (χ2n) is 4.71. The molecule has 1 saturated heterocycles. The number of primary sulfonamides is 1. The highest BCUT2D eigenvalue weighted by atomic mass is 32.2. The molecule has 1 aromatic carbocycles. The van der Waals surface area contributed by atoms with Crippen LogP contribution in [0.4, 0.5) is 10.1 Å². The fourth-order valence-electron chi connectivity index (χ4n) is 2.10. The van der Waals surface area contributed by atoms with Crippen LogP contribution in [0.25, 0.3) is 0 Å². The highest BCUT2D eigenvalue weighted by molar-refractivity contribution is 7.89. The van der Waals surface area contributed by atoms with E-state index in [0.717, 1.165) is 38.8 Å². The van der Waals surface area contributed by atoms with Crippen LogP contribution in [0.3, 0.4) is 0 Å². The average Bonchev–Trinajstić information content (AvgIpc) is 2.40. The quantitative estimate of drug-likeness (QED) is 0.700. The second kappa shape index (κ2) is 6.49. The molecule has 1 aliphatic heterocycles. The van der Waals surface area contributed by atoms with E-state index in [9.17, 15) is 12.8 Å². The van der Waals surface area contributed by atoms with Gasteiger partial charge >= 0.3 is 0 Å². The van der Waals surface area contributed by atoms with Gasteiger partial charge in [0.2, 0.25) is 10.0 Å². The van der Waals surface area contributed by atoms with E-state index in [1.54, 1.807) is 0 Å². The van der Waals surface area contributed by atoms with Crippen molar-refractivity contribution in [1.29, 1.82) is 0 Å². The van der Waals surface area contributed by atoms with Crippen LogP contribution in [-0.2, 0) is 10.0 Å². The molecular formula is C12H19FN4O2S. The first-order valence-corrected chi connectivity index (χ1v) is 8.01. The lowest BCUT2D eigenvalue weighted by molar-refractivity contribution is 0.249. The Morgan fingerprint density at radius 1 is 1.35 bits per heavy atom. The smallest absolute Gasteiger partial charge is 0.238 e. The Morgan fingerprint density at radius 3 is 2.65 bits per heavy atom. The van der Waals surface area contributed by atoms with E-state index < -0.39 is 15.8 Å². The van der Waals surface area contributed by atoms with E-state index >= 15 is 0 Å².